The zero-order chi connectivity index (χ0) is 23.8. The summed E-state index contributed by atoms with van der Waals surface area (Å²) in [5, 5.41) is 10.9. The maximum Gasteiger partial charge on any atom is 0.148 e. The molecule has 176 valence electrons. The first-order valence-corrected chi connectivity index (χ1v) is 12.2. The van der Waals surface area contributed by atoms with Gasteiger partial charge in [-0.2, -0.15) is 0 Å². The Labute approximate surface area is 202 Å². The minimum Gasteiger partial charge on any atom is -0.382 e. The average Bonchev–Trinajstić information content (AvgIpc) is 2.81. The number of hydrogen-bond donors (Lipinski definition) is 3. The summed E-state index contributed by atoms with van der Waals surface area (Å²) in [6.07, 6.45) is 4.50. The zero-order valence-corrected chi connectivity index (χ0v) is 20.5. The molecule has 3 rings (SSSR count). The minimum atomic E-state index is -0.304. The highest BCUT2D eigenvalue weighted by Crippen LogP contribution is 2.31. The fourth-order valence-corrected chi connectivity index (χ4v) is 4.20. The molecule has 0 saturated heterocycles. The van der Waals surface area contributed by atoms with Crippen molar-refractivity contribution in [1.29, 1.82) is 0 Å². The van der Waals surface area contributed by atoms with Gasteiger partial charge >= 0.3 is 0 Å². The van der Waals surface area contributed by atoms with Gasteiger partial charge in [-0.1, -0.05) is 75.7 Å². The number of benzene rings is 2. The lowest BCUT2D eigenvalue weighted by molar-refractivity contribution is 0.573. The van der Waals surface area contributed by atoms with Crippen molar-refractivity contribution in [2.45, 2.75) is 59.0 Å². The summed E-state index contributed by atoms with van der Waals surface area (Å²) in [6, 6.07) is 12.8. The molecule has 0 aromatic heterocycles. The number of hydrogen-bond acceptors (Lipinski definition) is 4. The highest BCUT2D eigenvalue weighted by molar-refractivity contribution is 6.31. The first-order chi connectivity index (χ1) is 16.0. The summed E-state index contributed by atoms with van der Waals surface area (Å²) in [4.78, 5) is 4.98. The van der Waals surface area contributed by atoms with Crippen molar-refractivity contribution in [3.05, 3.63) is 82.3 Å². The highest BCUT2D eigenvalue weighted by atomic mass is 35.5. The number of nitrogens with zero attached hydrogens (tertiary/aromatic N) is 1. The monoisotopic (exact) mass is 468 g/mol. The normalized spacial score (nSPS) is 15.7. The molecule has 0 spiro atoms. The van der Waals surface area contributed by atoms with E-state index in [1.807, 2.05) is 30.3 Å². The lowest BCUT2D eigenvalue weighted by Crippen LogP contribution is -2.35. The number of allylic oxidation sites excluding steroid dienone is 1. The maximum atomic E-state index is 14.6. The van der Waals surface area contributed by atoms with E-state index in [2.05, 4.69) is 43.3 Å². The molecule has 3 N–H and O–H groups in total. The second-order valence-corrected chi connectivity index (χ2v) is 8.56. The number of anilines is 1. The number of halogens is 2. The molecule has 0 saturated carbocycles. The van der Waals surface area contributed by atoms with Crippen LogP contribution in [0.5, 0.6) is 0 Å². The lowest BCUT2D eigenvalue weighted by atomic mass is 10.0. The van der Waals surface area contributed by atoms with Crippen LogP contribution in [-0.2, 0) is 0 Å². The Morgan fingerprint density at radius 1 is 1.12 bits per heavy atom. The minimum absolute atomic E-state index is 0.292. The van der Waals surface area contributed by atoms with Gasteiger partial charge in [0.2, 0.25) is 0 Å². The van der Waals surface area contributed by atoms with Gasteiger partial charge in [0.1, 0.15) is 17.8 Å². The average molecular weight is 469 g/mol. The van der Waals surface area contributed by atoms with E-state index in [1.165, 1.54) is 6.07 Å². The van der Waals surface area contributed by atoms with Gasteiger partial charge in [-0.25, -0.2) is 9.38 Å². The van der Waals surface area contributed by atoms with Gasteiger partial charge in [-0.05, 0) is 37.8 Å². The molecule has 1 atom stereocenters. The largest absolute Gasteiger partial charge is 0.382 e. The van der Waals surface area contributed by atoms with E-state index in [-0.39, 0.29) is 12.0 Å². The third-order valence-electron chi connectivity index (χ3n) is 5.71. The summed E-state index contributed by atoms with van der Waals surface area (Å²) >= 11 is 6.50. The third kappa shape index (κ3) is 5.97. The molecule has 1 unspecified atom stereocenters. The SMILES string of the molecule is C=C(NC1=NC(c2ccccc2Cl)NC(CCCC)=C1CC)c1cccc(F)c1NCCC. The fourth-order valence-electron chi connectivity index (χ4n) is 3.96. The second kappa shape index (κ2) is 11.9. The van der Waals surface area contributed by atoms with Crippen molar-refractivity contribution in [3.8, 4) is 0 Å². The Morgan fingerprint density at radius 3 is 2.61 bits per heavy atom. The van der Waals surface area contributed by atoms with Gasteiger partial charge in [0.05, 0.1) is 5.69 Å². The Kier molecular flexibility index (Phi) is 8.95. The molecule has 33 heavy (non-hydrogen) atoms. The van der Waals surface area contributed by atoms with Crippen molar-refractivity contribution in [2.24, 2.45) is 4.99 Å². The predicted molar refractivity (Wildman–Crippen MR) is 139 cm³/mol. The molecule has 0 bridgehead atoms. The molecule has 2 aromatic carbocycles. The van der Waals surface area contributed by atoms with E-state index >= 15 is 0 Å². The van der Waals surface area contributed by atoms with Crippen LogP contribution < -0.4 is 16.0 Å². The second-order valence-electron chi connectivity index (χ2n) is 8.15. The molecule has 1 aliphatic rings. The van der Waals surface area contributed by atoms with Gasteiger partial charge in [0, 0.05) is 39.7 Å². The Balaban J connectivity index is 1.98. The number of nitrogens with one attached hydrogen (secondary N) is 3. The van der Waals surface area contributed by atoms with E-state index in [4.69, 9.17) is 16.6 Å². The molecule has 0 radical (unpaired) electrons. The molecule has 1 aliphatic heterocycles. The van der Waals surface area contributed by atoms with Crippen LogP contribution in [0.1, 0.15) is 70.2 Å². The predicted octanol–water partition coefficient (Wildman–Crippen LogP) is 7.42. The number of para-hydroxylation sites is 1. The molecule has 0 aliphatic carbocycles. The van der Waals surface area contributed by atoms with Crippen LogP contribution in [0.15, 0.2) is 65.3 Å². The topological polar surface area (TPSA) is 48.5 Å². The summed E-state index contributed by atoms with van der Waals surface area (Å²) in [5.74, 6) is 0.461. The number of rotatable bonds is 10. The Morgan fingerprint density at radius 2 is 1.91 bits per heavy atom. The van der Waals surface area contributed by atoms with Crippen LogP contribution in [0.25, 0.3) is 5.70 Å². The third-order valence-corrected chi connectivity index (χ3v) is 6.06. The Bertz CT molecular complexity index is 1040. The number of amidine groups is 1. The van der Waals surface area contributed by atoms with Gasteiger partial charge in [0.25, 0.3) is 0 Å². The summed E-state index contributed by atoms with van der Waals surface area (Å²) in [6.45, 7) is 11.3. The first-order valence-electron chi connectivity index (χ1n) is 11.8. The summed E-state index contributed by atoms with van der Waals surface area (Å²) in [7, 11) is 0. The molecule has 6 heteroatoms. The molecule has 1 heterocycles. The van der Waals surface area contributed by atoms with E-state index in [0.717, 1.165) is 54.8 Å². The van der Waals surface area contributed by atoms with Crippen LogP contribution >= 0.6 is 11.6 Å². The van der Waals surface area contributed by atoms with Crippen molar-refractivity contribution in [3.63, 3.8) is 0 Å². The molecule has 4 nitrogen and oxygen atoms in total. The van der Waals surface area contributed by atoms with E-state index in [9.17, 15) is 4.39 Å². The van der Waals surface area contributed by atoms with E-state index in [0.29, 0.717) is 28.5 Å². The van der Waals surface area contributed by atoms with Gasteiger partial charge in [0.15, 0.2) is 0 Å². The molecular formula is C27H34ClFN4. The van der Waals surface area contributed by atoms with Crippen LogP contribution in [0.2, 0.25) is 5.02 Å². The summed E-state index contributed by atoms with van der Waals surface area (Å²) < 4.78 is 14.6. The Hall–Kier alpha value is -2.79. The van der Waals surface area contributed by atoms with Gasteiger partial charge in [-0.15, -0.1) is 0 Å². The molecule has 2 aromatic rings. The number of unbranched alkanes of at least 4 members (excludes halogenated alkanes) is 1. The number of aliphatic imine (C=N–C) groups is 1. The van der Waals surface area contributed by atoms with Gasteiger partial charge in [-0.3, -0.25) is 0 Å². The maximum absolute atomic E-state index is 14.6. The quantitative estimate of drug-likeness (QED) is 0.340. The highest BCUT2D eigenvalue weighted by Gasteiger charge is 2.25. The van der Waals surface area contributed by atoms with Crippen LogP contribution in [0.4, 0.5) is 10.1 Å². The van der Waals surface area contributed by atoms with Crippen molar-refractivity contribution >= 4 is 28.8 Å². The van der Waals surface area contributed by atoms with Crippen molar-refractivity contribution in [2.75, 3.05) is 11.9 Å². The van der Waals surface area contributed by atoms with Crippen LogP contribution in [0, 0.1) is 5.82 Å². The van der Waals surface area contributed by atoms with Gasteiger partial charge < -0.3 is 16.0 Å². The molecule has 0 amide bonds. The fraction of sp³-hybridized carbons (Fsp3) is 0.370. The molecular weight excluding hydrogens is 435 g/mol. The first kappa shape index (κ1) is 24.8. The van der Waals surface area contributed by atoms with E-state index < -0.39 is 0 Å². The van der Waals surface area contributed by atoms with Crippen LogP contribution in [-0.4, -0.2) is 12.4 Å². The van der Waals surface area contributed by atoms with Crippen molar-refractivity contribution in [1.82, 2.24) is 10.6 Å². The van der Waals surface area contributed by atoms with Crippen molar-refractivity contribution < 1.29 is 4.39 Å². The molecule has 0 fully saturated rings. The summed E-state index contributed by atoms with van der Waals surface area (Å²) in [5.41, 5.74) is 4.97. The van der Waals surface area contributed by atoms with E-state index in [1.54, 1.807) is 6.07 Å². The van der Waals surface area contributed by atoms with Crippen LogP contribution in [0.3, 0.4) is 0 Å². The lowest BCUT2D eigenvalue weighted by Gasteiger charge is -2.30. The smallest absolute Gasteiger partial charge is 0.148 e. The standard InChI is InChI=1S/C27H34ClFN4/c1-5-8-16-24-19(7-3)26(33-27(32-24)21-12-9-10-14-22(21)28)31-18(4)20-13-11-15-23(29)25(20)30-17-6-2/h9-15,27,30,32H,4-8,16-17H2,1-3H3,(H,31,33). The zero-order valence-electron chi connectivity index (χ0n) is 19.8.